The van der Waals surface area contributed by atoms with Crippen LogP contribution in [0.2, 0.25) is 0 Å². The van der Waals surface area contributed by atoms with Crippen molar-refractivity contribution >= 4 is 17.8 Å². The number of carbonyl (C=O) groups is 3. The summed E-state index contributed by atoms with van der Waals surface area (Å²) in [5.41, 5.74) is 1.15. The minimum absolute atomic E-state index is 0.0936. The Kier molecular flexibility index (Phi) is 8.89. The maximum absolute atomic E-state index is 11.8. The highest BCUT2D eigenvalue weighted by atomic mass is 16.5. The quantitative estimate of drug-likeness (QED) is 0.410. The van der Waals surface area contributed by atoms with E-state index in [0.717, 1.165) is 12.8 Å². The summed E-state index contributed by atoms with van der Waals surface area (Å²) < 4.78 is 4.74. The van der Waals surface area contributed by atoms with Crippen LogP contribution < -0.4 is 10.6 Å². The molecule has 0 saturated carbocycles. The first kappa shape index (κ1) is 19.4. The molecule has 6 nitrogen and oxygen atoms in total. The summed E-state index contributed by atoms with van der Waals surface area (Å²) in [4.78, 5) is 34.2. The van der Waals surface area contributed by atoms with Gasteiger partial charge in [0.05, 0.1) is 0 Å². The maximum atomic E-state index is 11.8. The van der Waals surface area contributed by atoms with Gasteiger partial charge in [0, 0.05) is 31.1 Å². The Bertz CT molecular complexity index is 582. The molecule has 0 aliphatic carbocycles. The highest BCUT2D eigenvalue weighted by Crippen LogP contribution is 1.98. The van der Waals surface area contributed by atoms with Gasteiger partial charge in [0.2, 0.25) is 5.91 Å². The summed E-state index contributed by atoms with van der Waals surface area (Å²) >= 11 is 0. The van der Waals surface area contributed by atoms with Crippen molar-refractivity contribution in [1.82, 2.24) is 10.6 Å². The number of hydrogen-bond donors (Lipinski definition) is 2. The van der Waals surface area contributed by atoms with Gasteiger partial charge in [-0.3, -0.25) is 14.4 Å². The number of nitrogens with one attached hydrogen (secondary N) is 2. The van der Waals surface area contributed by atoms with E-state index in [9.17, 15) is 14.4 Å². The normalized spacial score (nSPS) is 10.8. The second-order valence-electron chi connectivity index (χ2n) is 5.27. The average molecular weight is 332 g/mol. The molecule has 1 aromatic rings. The lowest BCUT2D eigenvalue weighted by molar-refractivity contribution is -0.139. The topological polar surface area (TPSA) is 84.5 Å². The van der Waals surface area contributed by atoms with Gasteiger partial charge in [0.25, 0.3) is 5.91 Å². The van der Waals surface area contributed by atoms with Gasteiger partial charge < -0.3 is 15.4 Å². The number of unbranched alkanes of at least 4 members (excludes halogenated alkanes) is 1. The molecule has 130 valence electrons. The van der Waals surface area contributed by atoms with E-state index in [0.29, 0.717) is 24.2 Å². The molecule has 1 rings (SSSR count). The molecule has 0 saturated heterocycles. The van der Waals surface area contributed by atoms with Crippen molar-refractivity contribution < 1.29 is 19.1 Å². The molecule has 0 fully saturated rings. The molecule has 6 heteroatoms. The zero-order chi connectivity index (χ0) is 17.8. The third-order valence-electron chi connectivity index (χ3n) is 3.24. The molecule has 0 aliphatic rings. The fourth-order valence-corrected chi connectivity index (χ4v) is 1.86. The highest BCUT2D eigenvalue weighted by Gasteiger charge is 2.04. The van der Waals surface area contributed by atoms with Crippen molar-refractivity contribution in [2.24, 2.45) is 0 Å². The third kappa shape index (κ3) is 8.12. The average Bonchev–Trinajstić information content (AvgIpc) is 2.57. The van der Waals surface area contributed by atoms with E-state index < -0.39 is 0 Å². The molecule has 2 N–H and O–H groups in total. The number of benzene rings is 1. The summed E-state index contributed by atoms with van der Waals surface area (Å²) in [6, 6.07) is 9.03. The van der Waals surface area contributed by atoms with Crippen molar-refractivity contribution in [3.8, 4) is 0 Å². The predicted octanol–water partition coefficient (Wildman–Crippen LogP) is 1.82. The number of hydrogen-bond acceptors (Lipinski definition) is 4. The smallest absolute Gasteiger partial charge is 0.302 e. The summed E-state index contributed by atoms with van der Waals surface area (Å²) in [7, 11) is 0. The van der Waals surface area contributed by atoms with Crippen molar-refractivity contribution in [3.63, 3.8) is 0 Å². The van der Waals surface area contributed by atoms with Crippen LogP contribution in [-0.2, 0) is 14.3 Å². The van der Waals surface area contributed by atoms with Crippen LogP contribution in [-0.4, -0.2) is 37.5 Å². The minimum atomic E-state index is -0.378. The minimum Gasteiger partial charge on any atom is -0.462 e. The van der Waals surface area contributed by atoms with Gasteiger partial charge >= 0.3 is 5.97 Å². The molecular weight excluding hydrogens is 308 g/mol. The Morgan fingerprint density at radius 2 is 1.62 bits per heavy atom. The summed E-state index contributed by atoms with van der Waals surface area (Å²) in [5, 5.41) is 5.62. The lowest BCUT2D eigenvalue weighted by atomic mass is 10.2. The van der Waals surface area contributed by atoms with E-state index in [1.165, 1.54) is 6.92 Å². The molecule has 0 aliphatic heterocycles. The van der Waals surface area contributed by atoms with Gasteiger partial charge in [-0.05, 0) is 38.0 Å². The first-order valence-electron chi connectivity index (χ1n) is 7.92. The standard InChI is InChI=1S/C18H24N2O4/c1-14(10-13-24-15(2)21)17(22)19-11-6-7-12-20-18(23)16-8-4-3-5-9-16/h3-5,8-10H,6-7,11-13H2,1-2H3,(H,19,22)(H,20,23)/b14-10+. The molecular formula is C18H24N2O4. The van der Waals surface area contributed by atoms with Crippen molar-refractivity contribution in [2.45, 2.75) is 26.7 Å². The van der Waals surface area contributed by atoms with E-state index in [-0.39, 0.29) is 24.4 Å². The van der Waals surface area contributed by atoms with Gasteiger partial charge in [0.1, 0.15) is 6.61 Å². The molecule has 24 heavy (non-hydrogen) atoms. The number of ether oxygens (including phenoxy) is 1. The van der Waals surface area contributed by atoms with E-state index >= 15 is 0 Å². The fraction of sp³-hybridized carbons (Fsp3) is 0.389. The Labute approximate surface area is 142 Å². The Morgan fingerprint density at radius 3 is 2.25 bits per heavy atom. The fourth-order valence-electron chi connectivity index (χ4n) is 1.86. The lowest BCUT2D eigenvalue weighted by Gasteiger charge is -2.07. The van der Waals surface area contributed by atoms with Crippen LogP contribution >= 0.6 is 0 Å². The Hall–Kier alpha value is -2.63. The molecule has 0 atom stereocenters. The lowest BCUT2D eigenvalue weighted by Crippen LogP contribution is -2.27. The largest absolute Gasteiger partial charge is 0.462 e. The molecule has 1 aromatic carbocycles. The summed E-state index contributed by atoms with van der Waals surface area (Å²) in [5.74, 6) is -0.656. The molecule has 0 spiro atoms. The molecule has 2 amide bonds. The first-order valence-corrected chi connectivity index (χ1v) is 7.92. The van der Waals surface area contributed by atoms with Crippen LogP contribution in [0.4, 0.5) is 0 Å². The van der Waals surface area contributed by atoms with Gasteiger partial charge in [-0.25, -0.2) is 0 Å². The molecule has 0 radical (unpaired) electrons. The monoisotopic (exact) mass is 332 g/mol. The zero-order valence-electron chi connectivity index (χ0n) is 14.1. The van der Waals surface area contributed by atoms with Crippen molar-refractivity contribution in [2.75, 3.05) is 19.7 Å². The number of amides is 2. The molecule has 0 bridgehead atoms. The van der Waals surface area contributed by atoms with Gasteiger partial charge in [0.15, 0.2) is 0 Å². The van der Waals surface area contributed by atoms with Crippen LogP contribution in [0.3, 0.4) is 0 Å². The third-order valence-corrected chi connectivity index (χ3v) is 3.24. The van der Waals surface area contributed by atoms with Crippen molar-refractivity contribution in [1.29, 1.82) is 0 Å². The van der Waals surface area contributed by atoms with E-state index in [2.05, 4.69) is 10.6 Å². The maximum Gasteiger partial charge on any atom is 0.302 e. The van der Waals surface area contributed by atoms with Crippen LogP contribution in [0, 0.1) is 0 Å². The first-order chi connectivity index (χ1) is 11.5. The van der Waals surface area contributed by atoms with Crippen LogP contribution in [0.1, 0.15) is 37.0 Å². The number of esters is 1. The Morgan fingerprint density at radius 1 is 1.00 bits per heavy atom. The predicted molar refractivity (Wildman–Crippen MR) is 91.4 cm³/mol. The van der Waals surface area contributed by atoms with Gasteiger partial charge in [-0.15, -0.1) is 0 Å². The van der Waals surface area contributed by atoms with E-state index in [1.807, 2.05) is 18.2 Å². The number of rotatable bonds is 9. The number of carbonyl (C=O) groups excluding carboxylic acids is 3. The van der Waals surface area contributed by atoms with Crippen molar-refractivity contribution in [3.05, 3.63) is 47.5 Å². The second kappa shape index (κ2) is 11.0. The SMILES string of the molecule is CC(=O)OC/C=C(\C)C(=O)NCCCCNC(=O)c1ccccc1. The molecule has 0 aromatic heterocycles. The van der Waals surface area contributed by atoms with Crippen LogP contribution in [0.5, 0.6) is 0 Å². The zero-order valence-corrected chi connectivity index (χ0v) is 14.1. The summed E-state index contributed by atoms with van der Waals surface area (Å²) in [6.45, 7) is 4.17. The highest BCUT2D eigenvalue weighted by molar-refractivity contribution is 5.94. The van der Waals surface area contributed by atoms with Gasteiger partial charge in [-0.1, -0.05) is 18.2 Å². The second-order valence-corrected chi connectivity index (χ2v) is 5.27. The van der Waals surface area contributed by atoms with Crippen LogP contribution in [0.25, 0.3) is 0 Å². The van der Waals surface area contributed by atoms with E-state index in [4.69, 9.17) is 4.74 Å². The van der Waals surface area contributed by atoms with E-state index in [1.54, 1.807) is 25.1 Å². The van der Waals surface area contributed by atoms with Crippen LogP contribution in [0.15, 0.2) is 42.0 Å². The Balaban J connectivity index is 2.12. The summed E-state index contributed by atoms with van der Waals surface area (Å²) in [6.07, 6.45) is 3.10. The molecule has 0 heterocycles. The molecule has 0 unspecified atom stereocenters. The van der Waals surface area contributed by atoms with Gasteiger partial charge in [-0.2, -0.15) is 0 Å².